The van der Waals surface area contributed by atoms with Gasteiger partial charge in [0.15, 0.2) is 23.7 Å². The van der Waals surface area contributed by atoms with Gasteiger partial charge in [-0.05, 0) is 0 Å². The molecule has 0 radical (unpaired) electrons. The standard InChI is InChI=1S/C12H14F6N2O3/c1-8(2)9(11(13,14)15)4-5(7(22-3)23-6(4)21)10(8,20-19-9)12(16,17)18/h4-7,21H,1-3H3/t4-,5+,6-,7+,9+,10-/m1/s1. The molecule has 6 atom stereocenters. The third-order valence-corrected chi connectivity index (χ3v) is 5.59. The van der Waals surface area contributed by atoms with Crippen LogP contribution in [-0.4, -0.2) is 48.2 Å². The summed E-state index contributed by atoms with van der Waals surface area (Å²) in [5.74, 6) is -3.81. The number of hydrogen-bond donors (Lipinski definition) is 1. The van der Waals surface area contributed by atoms with Crippen LogP contribution in [0.1, 0.15) is 13.8 Å². The summed E-state index contributed by atoms with van der Waals surface area (Å²) >= 11 is 0. The van der Waals surface area contributed by atoms with Crippen molar-refractivity contribution in [2.24, 2.45) is 27.5 Å². The van der Waals surface area contributed by atoms with Crippen LogP contribution in [0.25, 0.3) is 0 Å². The molecule has 2 bridgehead atoms. The second-order valence-corrected chi connectivity index (χ2v) is 6.54. The Hall–Kier alpha value is -0.940. The maximum Gasteiger partial charge on any atom is 0.416 e. The molecule has 1 saturated heterocycles. The molecule has 1 N–H and O–H groups in total. The van der Waals surface area contributed by atoms with E-state index in [4.69, 9.17) is 9.47 Å². The van der Waals surface area contributed by atoms with Gasteiger partial charge in [-0.15, -0.1) is 0 Å². The van der Waals surface area contributed by atoms with Crippen LogP contribution in [0, 0.1) is 17.3 Å². The summed E-state index contributed by atoms with van der Waals surface area (Å²) in [6, 6.07) is 0. The van der Waals surface area contributed by atoms with Crippen LogP contribution in [0.2, 0.25) is 0 Å². The topological polar surface area (TPSA) is 63.4 Å². The van der Waals surface area contributed by atoms with E-state index in [1.54, 1.807) is 0 Å². The molecule has 0 unspecified atom stereocenters. The molecule has 0 aromatic rings. The van der Waals surface area contributed by atoms with Gasteiger partial charge in [0.05, 0.1) is 11.8 Å². The van der Waals surface area contributed by atoms with Crippen molar-refractivity contribution < 1.29 is 40.9 Å². The quantitative estimate of drug-likeness (QED) is 0.741. The number of alkyl halides is 6. The summed E-state index contributed by atoms with van der Waals surface area (Å²) in [5, 5.41) is 16.0. The Kier molecular flexibility index (Phi) is 3.07. The van der Waals surface area contributed by atoms with Crippen molar-refractivity contribution in [3.05, 3.63) is 0 Å². The van der Waals surface area contributed by atoms with Gasteiger partial charge in [0, 0.05) is 12.5 Å². The number of nitrogens with zero attached hydrogens (tertiary/aromatic N) is 2. The van der Waals surface area contributed by atoms with E-state index < -0.39 is 53.3 Å². The van der Waals surface area contributed by atoms with Gasteiger partial charge in [0.25, 0.3) is 0 Å². The molecule has 1 aliphatic carbocycles. The highest BCUT2D eigenvalue weighted by Crippen LogP contribution is 2.77. The van der Waals surface area contributed by atoms with Crippen LogP contribution in [0.5, 0.6) is 0 Å². The molecule has 23 heavy (non-hydrogen) atoms. The lowest BCUT2D eigenvalue weighted by atomic mass is 9.65. The molecule has 1 saturated carbocycles. The molecule has 2 aliphatic heterocycles. The number of fused-ring (bicyclic) bond motifs is 5. The lowest BCUT2D eigenvalue weighted by molar-refractivity contribution is -0.271. The minimum atomic E-state index is -5.15. The number of methoxy groups -OCH3 is 1. The minimum Gasteiger partial charge on any atom is -0.367 e. The zero-order valence-electron chi connectivity index (χ0n) is 12.2. The van der Waals surface area contributed by atoms with Gasteiger partial charge in [-0.25, -0.2) is 0 Å². The van der Waals surface area contributed by atoms with Gasteiger partial charge < -0.3 is 14.6 Å². The minimum absolute atomic E-state index is 0.825. The molecule has 0 aromatic heterocycles. The van der Waals surface area contributed by atoms with Crippen LogP contribution in [0.15, 0.2) is 10.2 Å². The SMILES string of the molecule is CO[C@H]1O[C@@H](O)[C@H]2[C@@H]1[C@@]1(C(F)(F)F)N=N[C@]2(C(F)(F)F)C1(C)C. The molecule has 3 aliphatic rings. The summed E-state index contributed by atoms with van der Waals surface area (Å²) in [5.41, 5.74) is -8.82. The van der Waals surface area contributed by atoms with Crippen molar-refractivity contribution in [3.8, 4) is 0 Å². The first-order valence-electron chi connectivity index (χ1n) is 6.73. The molecular formula is C12H14F6N2O3. The Morgan fingerprint density at radius 2 is 1.39 bits per heavy atom. The zero-order valence-corrected chi connectivity index (χ0v) is 12.2. The fourth-order valence-electron chi connectivity index (χ4n) is 4.64. The highest BCUT2D eigenvalue weighted by molar-refractivity contribution is 5.35. The van der Waals surface area contributed by atoms with Gasteiger partial charge in [-0.3, -0.25) is 0 Å². The van der Waals surface area contributed by atoms with Crippen LogP contribution in [-0.2, 0) is 9.47 Å². The van der Waals surface area contributed by atoms with Crippen molar-refractivity contribution in [1.29, 1.82) is 0 Å². The second-order valence-electron chi connectivity index (χ2n) is 6.54. The number of aliphatic hydroxyl groups is 1. The van der Waals surface area contributed by atoms with Crippen LogP contribution >= 0.6 is 0 Å². The monoisotopic (exact) mass is 348 g/mol. The van der Waals surface area contributed by atoms with Crippen LogP contribution < -0.4 is 0 Å². The van der Waals surface area contributed by atoms with Gasteiger partial charge >= 0.3 is 12.4 Å². The molecule has 132 valence electrons. The summed E-state index contributed by atoms with van der Waals surface area (Å²) in [4.78, 5) is 0. The Morgan fingerprint density at radius 1 is 0.957 bits per heavy atom. The summed E-state index contributed by atoms with van der Waals surface area (Å²) in [6.45, 7) is 1.65. The third kappa shape index (κ3) is 1.47. The Labute approximate surface area is 126 Å². The third-order valence-electron chi connectivity index (χ3n) is 5.59. The van der Waals surface area contributed by atoms with E-state index in [1.165, 1.54) is 0 Å². The lowest BCUT2D eigenvalue weighted by Gasteiger charge is -2.43. The summed E-state index contributed by atoms with van der Waals surface area (Å²) in [7, 11) is 1.00. The Morgan fingerprint density at radius 3 is 1.78 bits per heavy atom. The first-order valence-corrected chi connectivity index (χ1v) is 6.73. The highest BCUT2D eigenvalue weighted by Gasteiger charge is 2.94. The van der Waals surface area contributed by atoms with Gasteiger partial charge in [0.1, 0.15) is 0 Å². The molecular weight excluding hydrogens is 334 g/mol. The van der Waals surface area contributed by atoms with E-state index in [9.17, 15) is 31.4 Å². The van der Waals surface area contributed by atoms with Crippen molar-refractivity contribution in [2.75, 3.05) is 7.11 Å². The van der Waals surface area contributed by atoms with Crippen molar-refractivity contribution in [2.45, 2.75) is 49.9 Å². The molecule has 0 amide bonds. The molecule has 11 heteroatoms. The van der Waals surface area contributed by atoms with E-state index >= 15 is 0 Å². The number of rotatable bonds is 1. The van der Waals surface area contributed by atoms with Crippen LogP contribution in [0.3, 0.4) is 0 Å². The fourth-order valence-corrected chi connectivity index (χ4v) is 4.64. The molecule has 0 spiro atoms. The van der Waals surface area contributed by atoms with Gasteiger partial charge in [-0.2, -0.15) is 36.6 Å². The number of hydrogen-bond acceptors (Lipinski definition) is 5. The fraction of sp³-hybridized carbons (Fsp3) is 1.00. The molecule has 0 aromatic carbocycles. The lowest BCUT2D eigenvalue weighted by Crippen LogP contribution is -2.61. The number of halogens is 6. The van der Waals surface area contributed by atoms with E-state index in [-0.39, 0.29) is 0 Å². The smallest absolute Gasteiger partial charge is 0.367 e. The van der Waals surface area contributed by atoms with Gasteiger partial charge in [-0.1, -0.05) is 13.8 Å². The summed E-state index contributed by atoms with van der Waals surface area (Å²) < 4.78 is 92.6. The van der Waals surface area contributed by atoms with Gasteiger partial charge in [0.2, 0.25) is 0 Å². The largest absolute Gasteiger partial charge is 0.416 e. The molecule has 5 nitrogen and oxygen atoms in total. The maximum atomic E-state index is 13.9. The number of aliphatic hydroxyl groups excluding tert-OH is 1. The second kappa shape index (κ2) is 4.17. The molecule has 2 heterocycles. The van der Waals surface area contributed by atoms with E-state index in [2.05, 4.69) is 10.2 Å². The van der Waals surface area contributed by atoms with Crippen molar-refractivity contribution >= 4 is 0 Å². The maximum absolute atomic E-state index is 13.9. The average molecular weight is 348 g/mol. The van der Waals surface area contributed by atoms with E-state index in [0.717, 1.165) is 21.0 Å². The molecule has 3 rings (SSSR count). The average Bonchev–Trinajstić information content (AvgIpc) is 2.90. The van der Waals surface area contributed by atoms with Crippen molar-refractivity contribution in [1.82, 2.24) is 0 Å². The Bertz CT molecular complexity index is 562. The van der Waals surface area contributed by atoms with E-state index in [0.29, 0.717) is 0 Å². The number of ether oxygens (including phenoxy) is 2. The highest BCUT2D eigenvalue weighted by atomic mass is 19.4. The predicted octanol–water partition coefficient (Wildman–Crippen LogP) is 2.65. The summed E-state index contributed by atoms with van der Waals surface area (Å²) in [6.07, 6.45) is -14.0. The first-order chi connectivity index (χ1) is 10.3. The first kappa shape index (κ1) is 16.9. The number of azo groups is 1. The van der Waals surface area contributed by atoms with Crippen molar-refractivity contribution in [3.63, 3.8) is 0 Å². The van der Waals surface area contributed by atoms with E-state index in [1.807, 2.05) is 0 Å². The normalized spacial score (nSPS) is 48.1. The Balaban J connectivity index is 2.34. The predicted molar refractivity (Wildman–Crippen MR) is 61.1 cm³/mol. The molecule has 2 fully saturated rings. The van der Waals surface area contributed by atoms with Crippen LogP contribution in [0.4, 0.5) is 26.3 Å². The zero-order chi connectivity index (χ0) is 17.6.